The lowest BCUT2D eigenvalue weighted by atomic mass is 10.6. The van der Waals surface area contributed by atoms with Gasteiger partial charge in [0.2, 0.25) is 0 Å². The summed E-state index contributed by atoms with van der Waals surface area (Å²) in [6, 6.07) is 0. The second kappa shape index (κ2) is 7.94. The van der Waals surface area contributed by atoms with Crippen LogP contribution in [0.1, 0.15) is 6.92 Å². The van der Waals surface area contributed by atoms with Crippen molar-refractivity contribution in [2.75, 3.05) is 33.5 Å². The van der Waals surface area contributed by atoms with Crippen LogP contribution in [0.3, 0.4) is 0 Å². The van der Waals surface area contributed by atoms with Gasteiger partial charge in [0.25, 0.3) is 0 Å². The van der Waals surface area contributed by atoms with Gasteiger partial charge < -0.3 is 19.3 Å². The van der Waals surface area contributed by atoms with E-state index in [1.807, 2.05) is 6.92 Å². The predicted octanol–water partition coefficient (Wildman–Crippen LogP) is 0.00430. The number of rotatable bonds is 7. The summed E-state index contributed by atoms with van der Waals surface area (Å²) < 4.78 is 14.5. The third-order valence-corrected chi connectivity index (χ3v) is 1.05. The molecule has 11 heavy (non-hydrogen) atoms. The van der Waals surface area contributed by atoms with Gasteiger partial charge in [0.1, 0.15) is 0 Å². The van der Waals surface area contributed by atoms with Gasteiger partial charge in [-0.2, -0.15) is 0 Å². The SMILES string of the molecule is CCOC(O)COCCOC. The average Bonchev–Trinajstić information content (AvgIpc) is 1.99. The highest BCUT2D eigenvalue weighted by Crippen LogP contribution is 1.87. The zero-order valence-corrected chi connectivity index (χ0v) is 7.08. The van der Waals surface area contributed by atoms with Crippen molar-refractivity contribution in [3.05, 3.63) is 0 Å². The lowest BCUT2D eigenvalue weighted by molar-refractivity contribution is -0.136. The molecular formula is C7H16O4. The zero-order chi connectivity index (χ0) is 8.53. The van der Waals surface area contributed by atoms with Crippen molar-refractivity contribution in [1.29, 1.82) is 0 Å². The second-order valence-corrected chi connectivity index (χ2v) is 1.98. The smallest absolute Gasteiger partial charge is 0.178 e. The molecule has 0 aromatic rings. The molecule has 0 bridgehead atoms. The van der Waals surface area contributed by atoms with E-state index in [-0.39, 0.29) is 6.61 Å². The van der Waals surface area contributed by atoms with Crippen molar-refractivity contribution in [2.45, 2.75) is 13.2 Å². The van der Waals surface area contributed by atoms with E-state index in [2.05, 4.69) is 0 Å². The fourth-order valence-electron chi connectivity index (χ4n) is 0.567. The van der Waals surface area contributed by atoms with Gasteiger partial charge in [0.05, 0.1) is 19.8 Å². The highest BCUT2D eigenvalue weighted by Gasteiger charge is 2.00. The average molecular weight is 164 g/mol. The molecule has 68 valence electrons. The first-order valence-corrected chi connectivity index (χ1v) is 3.67. The maximum atomic E-state index is 8.96. The molecule has 4 heteroatoms. The molecule has 0 aliphatic rings. The Bertz CT molecular complexity index is 76.8. The Hall–Kier alpha value is -0.160. The van der Waals surface area contributed by atoms with E-state index in [1.165, 1.54) is 0 Å². The molecule has 0 spiro atoms. The van der Waals surface area contributed by atoms with E-state index in [0.717, 1.165) is 0 Å². The van der Waals surface area contributed by atoms with E-state index < -0.39 is 6.29 Å². The minimum atomic E-state index is -0.808. The Morgan fingerprint density at radius 3 is 2.64 bits per heavy atom. The first kappa shape index (κ1) is 10.8. The van der Waals surface area contributed by atoms with Crippen LogP contribution in [0.2, 0.25) is 0 Å². The van der Waals surface area contributed by atoms with E-state index in [9.17, 15) is 0 Å². The van der Waals surface area contributed by atoms with Gasteiger partial charge in [-0.05, 0) is 6.92 Å². The van der Waals surface area contributed by atoms with Crippen LogP contribution >= 0.6 is 0 Å². The normalized spacial score (nSPS) is 13.4. The van der Waals surface area contributed by atoms with E-state index in [1.54, 1.807) is 7.11 Å². The van der Waals surface area contributed by atoms with E-state index in [4.69, 9.17) is 19.3 Å². The monoisotopic (exact) mass is 164 g/mol. The summed E-state index contributed by atoms with van der Waals surface area (Å²) in [7, 11) is 1.60. The van der Waals surface area contributed by atoms with E-state index >= 15 is 0 Å². The number of ether oxygens (including phenoxy) is 3. The second-order valence-electron chi connectivity index (χ2n) is 1.98. The van der Waals surface area contributed by atoms with Crippen molar-refractivity contribution < 1.29 is 19.3 Å². The molecule has 4 nitrogen and oxygen atoms in total. The molecule has 1 N–H and O–H groups in total. The molecule has 1 unspecified atom stereocenters. The topological polar surface area (TPSA) is 47.9 Å². The maximum absolute atomic E-state index is 8.96. The maximum Gasteiger partial charge on any atom is 0.178 e. The summed E-state index contributed by atoms with van der Waals surface area (Å²) in [4.78, 5) is 0. The Kier molecular flexibility index (Phi) is 7.83. The molecule has 0 radical (unpaired) electrons. The molecule has 0 heterocycles. The molecule has 0 aliphatic carbocycles. The highest BCUT2D eigenvalue weighted by molar-refractivity contribution is 4.36. The standard InChI is InChI=1S/C7H16O4/c1-3-11-7(8)6-10-5-4-9-2/h7-8H,3-6H2,1-2H3. The summed E-state index contributed by atoms with van der Waals surface area (Å²) in [5.74, 6) is 0. The van der Waals surface area contributed by atoms with Gasteiger partial charge in [0, 0.05) is 13.7 Å². The van der Waals surface area contributed by atoms with Crippen LogP contribution in [0, 0.1) is 0 Å². The molecule has 0 amide bonds. The number of aliphatic hydroxyl groups excluding tert-OH is 1. The quantitative estimate of drug-likeness (QED) is 0.425. The molecule has 0 saturated heterocycles. The molecule has 0 aromatic heterocycles. The van der Waals surface area contributed by atoms with Gasteiger partial charge in [-0.3, -0.25) is 0 Å². The zero-order valence-electron chi connectivity index (χ0n) is 7.08. The van der Waals surface area contributed by atoms with Crippen LogP contribution in [-0.2, 0) is 14.2 Å². The molecule has 0 saturated carbocycles. The Balaban J connectivity index is 2.97. The molecule has 0 rings (SSSR count). The fourth-order valence-corrected chi connectivity index (χ4v) is 0.567. The summed E-state index contributed by atoms with van der Waals surface area (Å²) in [5, 5.41) is 8.96. The summed E-state index contributed by atoms with van der Waals surface area (Å²) in [6.07, 6.45) is -0.808. The molecular weight excluding hydrogens is 148 g/mol. The summed E-state index contributed by atoms with van der Waals surface area (Å²) in [6.45, 7) is 3.55. The minimum absolute atomic E-state index is 0.206. The highest BCUT2D eigenvalue weighted by atomic mass is 16.6. The van der Waals surface area contributed by atoms with Crippen molar-refractivity contribution in [2.24, 2.45) is 0 Å². The summed E-state index contributed by atoms with van der Waals surface area (Å²) >= 11 is 0. The van der Waals surface area contributed by atoms with Gasteiger partial charge in [-0.25, -0.2) is 0 Å². The minimum Gasteiger partial charge on any atom is -0.382 e. The van der Waals surface area contributed by atoms with Crippen molar-refractivity contribution in [3.8, 4) is 0 Å². The van der Waals surface area contributed by atoms with E-state index in [0.29, 0.717) is 19.8 Å². The van der Waals surface area contributed by atoms with Crippen molar-refractivity contribution >= 4 is 0 Å². The van der Waals surface area contributed by atoms with Gasteiger partial charge >= 0.3 is 0 Å². The number of hydrogen-bond donors (Lipinski definition) is 1. The van der Waals surface area contributed by atoms with Crippen molar-refractivity contribution in [1.82, 2.24) is 0 Å². The number of hydrogen-bond acceptors (Lipinski definition) is 4. The Morgan fingerprint density at radius 2 is 2.09 bits per heavy atom. The molecule has 0 fully saturated rings. The Labute approximate surface area is 67.1 Å². The van der Waals surface area contributed by atoms with Crippen LogP contribution in [0.15, 0.2) is 0 Å². The lowest BCUT2D eigenvalue weighted by Crippen LogP contribution is -2.20. The van der Waals surface area contributed by atoms with Crippen molar-refractivity contribution in [3.63, 3.8) is 0 Å². The van der Waals surface area contributed by atoms with Crippen LogP contribution < -0.4 is 0 Å². The number of aliphatic hydroxyl groups is 1. The first-order chi connectivity index (χ1) is 5.31. The first-order valence-electron chi connectivity index (χ1n) is 3.67. The van der Waals surface area contributed by atoms with Crippen LogP contribution in [0.4, 0.5) is 0 Å². The molecule has 1 atom stereocenters. The third kappa shape index (κ3) is 7.74. The molecule has 0 aliphatic heterocycles. The van der Waals surface area contributed by atoms with Crippen LogP contribution in [0.5, 0.6) is 0 Å². The lowest BCUT2D eigenvalue weighted by Gasteiger charge is -2.10. The van der Waals surface area contributed by atoms with Crippen LogP contribution in [-0.4, -0.2) is 44.9 Å². The van der Waals surface area contributed by atoms with Gasteiger partial charge in [0.15, 0.2) is 6.29 Å². The van der Waals surface area contributed by atoms with Gasteiger partial charge in [-0.15, -0.1) is 0 Å². The predicted molar refractivity (Wildman–Crippen MR) is 40.3 cm³/mol. The largest absolute Gasteiger partial charge is 0.382 e. The van der Waals surface area contributed by atoms with Crippen LogP contribution in [0.25, 0.3) is 0 Å². The van der Waals surface area contributed by atoms with Gasteiger partial charge in [-0.1, -0.05) is 0 Å². The fraction of sp³-hybridized carbons (Fsp3) is 1.00. The summed E-state index contributed by atoms with van der Waals surface area (Å²) in [5.41, 5.74) is 0. The Morgan fingerprint density at radius 1 is 1.36 bits per heavy atom. The number of methoxy groups -OCH3 is 1. The third-order valence-electron chi connectivity index (χ3n) is 1.05. The molecule has 0 aromatic carbocycles.